The predicted octanol–water partition coefficient (Wildman–Crippen LogP) is 3.31. The smallest absolute Gasteiger partial charge is 0.388 e. The maximum atomic E-state index is 12.4. The molecule has 2 N–H and O–H groups in total. The Morgan fingerprint density at radius 3 is 2.28 bits per heavy atom. The quantitative estimate of drug-likeness (QED) is 0.867. The molecule has 1 unspecified atom stereocenters. The molecule has 96 valence electrons. The summed E-state index contributed by atoms with van der Waals surface area (Å²) in [5, 5.41) is 9.85. The number of aliphatic hydroxyl groups excluding tert-OH is 1. The fourth-order valence-corrected chi connectivity index (χ4v) is 1.71. The van der Waals surface area contributed by atoms with Crippen LogP contribution in [-0.4, -0.2) is 10.1 Å². The Morgan fingerprint density at radius 1 is 1.11 bits per heavy atom. The van der Waals surface area contributed by atoms with Crippen molar-refractivity contribution in [2.75, 3.05) is 0 Å². The van der Waals surface area contributed by atoms with E-state index in [1.165, 1.54) is 12.1 Å². The highest BCUT2D eigenvalue weighted by atomic mass is 19.4. The monoisotopic (exact) mass is 255 g/mol. The first-order valence-electron chi connectivity index (χ1n) is 5.44. The molecule has 0 spiro atoms. The Labute approximate surface area is 102 Å². The zero-order valence-electron chi connectivity index (χ0n) is 9.41. The van der Waals surface area contributed by atoms with E-state index >= 15 is 0 Å². The Morgan fingerprint density at radius 2 is 1.78 bits per heavy atom. The van der Waals surface area contributed by atoms with E-state index in [0.29, 0.717) is 5.56 Å². The van der Waals surface area contributed by atoms with Crippen molar-refractivity contribution in [3.05, 3.63) is 59.4 Å². The maximum absolute atomic E-state index is 12.4. The summed E-state index contributed by atoms with van der Waals surface area (Å²) in [6.45, 7) is 0. The number of halogens is 3. The van der Waals surface area contributed by atoms with Crippen LogP contribution in [0.25, 0.3) is 0 Å². The van der Waals surface area contributed by atoms with Crippen molar-refractivity contribution >= 4 is 0 Å². The zero-order chi connectivity index (χ0) is 13.2. The second-order valence-electron chi connectivity index (χ2n) is 4.06. The average molecular weight is 255 g/mol. The number of hydrogen-bond donors (Lipinski definition) is 2. The lowest BCUT2D eigenvalue weighted by molar-refractivity contribution is -0.137. The van der Waals surface area contributed by atoms with Crippen LogP contribution in [0, 0.1) is 0 Å². The number of aliphatic hydroxyl groups is 1. The minimum atomic E-state index is -4.32. The lowest BCUT2D eigenvalue weighted by atomic mass is 10.0. The van der Waals surface area contributed by atoms with Gasteiger partial charge < -0.3 is 10.1 Å². The molecule has 0 bridgehead atoms. The molecule has 1 heterocycles. The number of alkyl halides is 3. The second-order valence-corrected chi connectivity index (χ2v) is 4.06. The van der Waals surface area contributed by atoms with Crippen LogP contribution < -0.4 is 0 Å². The molecule has 2 nitrogen and oxygen atoms in total. The number of H-pyrrole nitrogens is 1. The van der Waals surface area contributed by atoms with Crippen LogP contribution in [0.5, 0.6) is 0 Å². The zero-order valence-corrected chi connectivity index (χ0v) is 9.41. The molecule has 0 saturated carbocycles. The van der Waals surface area contributed by atoms with E-state index in [1.54, 1.807) is 18.5 Å². The van der Waals surface area contributed by atoms with Crippen LogP contribution in [0.2, 0.25) is 0 Å². The third kappa shape index (κ3) is 2.92. The highest BCUT2D eigenvalue weighted by molar-refractivity contribution is 5.26. The number of nitrogens with one attached hydrogen (secondary N) is 1. The van der Waals surface area contributed by atoms with Gasteiger partial charge in [0.15, 0.2) is 0 Å². The summed E-state index contributed by atoms with van der Waals surface area (Å²) in [5.41, 5.74) is 0.703. The van der Waals surface area contributed by atoms with Crippen molar-refractivity contribution in [2.45, 2.75) is 18.7 Å². The largest absolute Gasteiger partial charge is 0.416 e. The van der Waals surface area contributed by atoms with E-state index in [1.807, 2.05) is 0 Å². The van der Waals surface area contributed by atoms with Crippen LogP contribution in [0.15, 0.2) is 42.7 Å². The van der Waals surface area contributed by atoms with Gasteiger partial charge in [0.1, 0.15) is 0 Å². The van der Waals surface area contributed by atoms with Gasteiger partial charge in [0.2, 0.25) is 0 Å². The average Bonchev–Trinajstić information content (AvgIpc) is 2.82. The maximum Gasteiger partial charge on any atom is 0.416 e. The summed E-state index contributed by atoms with van der Waals surface area (Å²) < 4.78 is 37.1. The highest BCUT2D eigenvalue weighted by Crippen LogP contribution is 2.29. The molecule has 18 heavy (non-hydrogen) atoms. The number of benzene rings is 1. The molecule has 1 aromatic heterocycles. The van der Waals surface area contributed by atoms with Crippen molar-refractivity contribution in [1.82, 2.24) is 4.98 Å². The first-order chi connectivity index (χ1) is 8.47. The van der Waals surface area contributed by atoms with Crippen molar-refractivity contribution in [2.24, 2.45) is 0 Å². The topological polar surface area (TPSA) is 36.0 Å². The van der Waals surface area contributed by atoms with Crippen LogP contribution in [0.1, 0.15) is 22.8 Å². The van der Waals surface area contributed by atoms with Crippen molar-refractivity contribution in [3.8, 4) is 0 Å². The van der Waals surface area contributed by atoms with E-state index in [-0.39, 0.29) is 6.42 Å². The fourth-order valence-electron chi connectivity index (χ4n) is 1.71. The van der Waals surface area contributed by atoms with Gasteiger partial charge in [-0.25, -0.2) is 0 Å². The molecule has 2 aromatic rings. The van der Waals surface area contributed by atoms with E-state index in [9.17, 15) is 18.3 Å². The lowest BCUT2D eigenvalue weighted by Crippen LogP contribution is -2.05. The van der Waals surface area contributed by atoms with Gasteiger partial charge in [-0.15, -0.1) is 0 Å². The second kappa shape index (κ2) is 4.86. The predicted molar refractivity (Wildman–Crippen MR) is 60.9 cm³/mol. The summed E-state index contributed by atoms with van der Waals surface area (Å²) in [7, 11) is 0. The Bertz CT molecular complexity index is 488. The van der Waals surface area contributed by atoms with Gasteiger partial charge in [0, 0.05) is 18.8 Å². The summed E-state index contributed by atoms with van der Waals surface area (Å²) in [5.74, 6) is 0. The third-order valence-corrected chi connectivity index (χ3v) is 2.72. The van der Waals surface area contributed by atoms with Gasteiger partial charge in [-0.1, -0.05) is 12.1 Å². The Kier molecular flexibility index (Phi) is 3.43. The van der Waals surface area contributed by atoms with E-state index in [0.717, 1.165) is 17.7 Å². The molecule has 0 radical (unpaired) electrons. The fraction of sp³-hybridized carbons (Fsp3) is 0.231. The molecule has 0 aliphatic heterocycles. The van der Waals surface area contributed by atoms with Gasteiger partial charge in [-0.2, -0.15) is 13.2 Å². The van der Waals surface area contributed by atoms with Crippen molar-refractivity contribution in [3.63, 3.8) is 0 Å². The molecular formula is C13H12F3NO. The number of aromatic nitrogens is 1. The van der Waals surface area contributed by atoms with Crippen LogP contribution in [0.3, 0.4) is 0 Å². The Hall–Kier alpha value is -1.75. The number of rotatable bonds is 3. The van der Waals surface area contributed by atoms with Crippen LogP contribution in [-0.2, 0) is 12.6 Å². The molecule has 0 aliphatic rings. The minimum Gasteiger partial charge on any atom is -0.388 e. The molecule has 1 atom stereocenters. The molecule has 2 rings (SSSR count). The standard InChI is InChI=1S/C13H12F3NO/c14-13(15,16)11-3-1-9(2-4-11)7-12(18)10-5-6-17-8-10/h1-6,8,12,17-18H,7H2. The van der Waals surface area contributed by atoms with Gasteiger partial charge in [0.05, 0.1) is 11.7 Å². The summed E-state index contributed by atoms with van der Waals surface area (Å²) in [4.78, 5) is 2.82. The SMILES string of the molecule is OC(Cc1ccc(C(F)(F)F)cc1)c1cc[nH]c1. The molecular weight excluding hydrogens is 243 g/mol. The number of aromatic amines is 1. The summed E-state index contributed by atoms with van der Waals surface area (Å²) >= 11 is 0. The van der Waals surface area contributed by atoms with E-state index in [2.05, 4.69) is 4.98 Å². The van der Waals surface area contributed by atoms with E-state index in [4.69, 9.17) is 0 Å². The van der Waals surface area contributed by atoms with E-state index < -0.39 is 17.8 Å². The first kappa shape index (κ1) is 12.7. The van der Waals surface area contributed by atoms with Gasteiger partial charge >= 0.3 is 6.18 Å². The van der Waals surface area contributed by atoms with Crippen LogP contribution in [0.4, 0.5) is 13.2 Å². The molecule has 0 fully saturated rings. The molecule has 0 aliphatic carbocycles. The third-order valence-electron chi connectivity index (χ3n) is 2.72. The molecule has 0 saturated heterocycles. The van der Waals surface area contributed by atoms with Crippen LogP contribution >= 0.6 is 0 Å². The Balaban J connectivity index is 2.07. The minimum absolute atomic E-state index is 0.288. The van der Waals surface area contributed by atoms with Gasteiger partial charge in [-0.3, -0.25) is 0 Å². The molecule has 0 amide bonds. The molecule has 5 heteroatoms. The first-order valence-corrected chi connectivity index (χ1v) is 5.44. The number of hydrogen-bond acceptors (Lipinski definition) is 1. The van der Waals surface area contributed by atoms with Gasteiger partial charge in [0.25, 0.3) is 0 Å². The molecule has 1 aromatic carbocycles. The normalized spacial score (nSPS) is 13.6. The summed E-state index contributed by atoms with van der Waals surface area (Å²) in [6, 6.07) is 6.56. The summed E-state index contributed by atoms with van der Waals surface area (Å²) in [6.07, 6.45) is -1.40. The lowest BCUT2D eigenvalue weighted by Gasteiger charge is -2.10. The highest BCUT2D eigenvalue weighted by Gasteiger charge is 2.29. The van der Waals surface area contributed by atoms with Crippen molar-refractivity contribution < 1.29 is 18.3 Å². The van der Waals surface area contributed by atoms with Gasteiger partial charge in [-0.05, 0) is 29.3 Å². The van der Waals surface area contributed by atoms with Crippen molar-refractivity contribution in [1.29, 1.82) is 0 Å².